The predicted octanol–water partition coefficient (Wildman–Crippen LogP) is 7.70. The third-order valence-electron chi connectivity index (χ3n) is 7.87. The summed E-state index contributed by atoms with van der Waals surface area (Å²) in [6, 6.07) is 30.3. The second-order valence-electron chi connectivity index (χ2n) is 10.3. The quantitative estimate of drug-likeness (QED) is 0.225. The standard InChI is InChI=1S/C35H32N2O3/c1-4-31(23-11-7-6-8-12-23)36-34(38)24-15-16-32-30(20-24)22(3)33-27-17-26(18-28(19-27)35(39)40-5-2)29-14-10-9-13-25(29)21-37(32)33/h6-20,31H,4-5,21H2,1-3H3,(H,36,38). The highest BCUT2D eigenvalue weighted by Crippen LogP contribution is 2.40. The number of nitrogens with one attached hydrogen (secondary N) is 1. The number of benzene rings is 4. The molecule has 1 atom stereocenters. The molecule has 2 heterocycles. The Balaban J connectivity index is 1.47. The molecule has 1 amide bonds. The van der Waals surface area contributed by atoms with Crippen molar-refractivity contribution in [1.29, 1.82) is 0 Å². The highest BCUT2D eigenvalue weighted by Gasteiger charge is 2.24. The molecular weight excluding hydrogens is 496 g/mol. The molecule has 6 rings (SSSR count). The minimum Gasteiger partial charge on any atom is -0.462 e. The molecule has 2 bridgehead atoms. The van der Waals surface area contributed by atoms with Gasteiger partial charge in [0.15, 0.2) is 0 Å². The van der Waals surface area contributed by atoms with E-state index in [1.807, 2.05) is 79.7 Å². The van der Waals surface area contributed by atoms with Gasteiger partial charge in [-0.2, -0.15) is 0 Å². The fourth-order valence-electron chi connectivity index (χ4n) is 5.91. The van der Waals surface area contributed by atoms with Gasteiger partial charge in [0.25, 0.3) is 5.91 Å². The molecule has 0 aliphatic carbocycles. The summed E-state index contributed by atoms with van der Waals surface area (Å²) in [6.07, 6.45) is 0.802. The van der Waals surface area contributed by atoms with Gasteiger partial charge >= 0.3 is 5.97 Å². The van der Waals surface area contributed by atoms with Crippen LogP contribution in [0.1, 0.15) is 63.7 Å². The van der Waals surface area contributed by atoms with Crippen molar-refractivity contribution in [2.24, 2.45) is 0 Å². The Hall–Kier alpha value is -4.64. The molecule has 0 saturated carbocycles. The number of nitrogens with zero attached hydrogens (tertiary/aromatic N) is 1. The zero-order valence-electron chi connectivity index (χ0n) is 23.0. The van der Waals surface area contributed by atoms with Crippen molar-refractivity contribution in [2.75, 3.05) is 6.61 Å². The second kappa shape index (κ2) is 10.5. The summed E-state index contributed by atoms with van der Waals surface area (Å²) in [5.74, 6) is -0.417. The number of amides is 1. The molecular formula is C35H32N2O3. The van der Waals surface area contributed by atoms with E-state index in [0.29, 0.717) is 24.3 Å². The van der Waals surface area contributed by atoms with Gasteiger partial charge in [0.1, 0.15) is 0 Å². The van der Waals surface area contributed by atoms with Crippen LogP contribution in [0.3, 0.4) is 0 Å². The van der Waals surface area contributed by atoms with E-state index in [0.717, 1.165) is 50.8 Å². The number of aryl methyl sites for hydroxylation is 1. The van der Waals surface area contributed by atoms with Crippen molar-refractivity contribution in [3.63, 3.8) is 0 Å². The third-order valence-corrected chi connectivity index (χ3v) is 7.87. The van der Waals surface area contributed by atoms with Gasteiger partial charge in [-0.3, -0.25) is 4.79 Å². The number of fused-ring (bicyclic) bond motifs is 8. The largest absolute Gasteiger partial charge is 0.462 e. The summed E-state index contributed by atoms with van der Waals surface area (Å²) in [5, 5.41) is 4.24. The van der Waals surface area contributed by atoms with E-state index in [1.165, 1.54) is 5.56 Å². The lowest BCUT2D eigenvalue weighted by Gasteiger charge is -2.20. The van der Waals surface area contributed by atoms with Crippen molar-refractivity contribution in [3.8, 4) is 22.4 Å². The Kier molecular flexibility index (Phi) is 6.72. The van der Waals surface area contributed by atoms with E-state index in [2.05, 4.69) is 41.9 Å². The summed E-state index contributed by atoms with van der Waals surface area (Å²) in [4.78, 5) is 26.2. The van der Waals surface area contributed by atoms with Crippen LogP contribution in [0.4, 0.5) is 0 Å². The summed E-state index contributed by atoms with van der Waals surface area (Å²) in [7, 11) is 0. The van der Waals surface area contributed by atoms with Crippen LogP contribution in [0.15, 0.2) is 91.0 Å². The lowest BCUT2D eigenvalue weighted by molar-refractivity contribution is 0.0526. The molecule has 0 radical (unpaired) electrons. The van der Waals surface area contributed by atoms with Gasteiger partial charge in [-0.1, -0.05) is 61.5 Å². The highest BCUT2D eigenvalue weighted by molar-refractivity contribution is 6.02. The molecule has 5 heteroatoms. The monoisotopic (exact) mass is 528 g/mol. The van der Waals surface area contributed by atoms with Gasteiger partial charge in [0, 0.05) is 23.0 Å². The van der Waals surface area contributed by atoms with E-state index in [9.17, 15) is 9.59 Å². The molecule has 5 nitrogen and oxygen atoms in total. The first kappa shape index (κ1) is 25.6. The second-order valence-corrected chi connectivity index (χ2v) is 10.3. The van der Waals surface area contributed by atoms with Gasteiger partial charge in [0.05, 0.1) is 23.9 Å². The number of hydrogen-bond acceptors (Lipinski definition) is 3. The summed E-state index contributed by atoms with van der Waals surface area (Å²) >= 11 is 0. The Morgan fingerprint density at radius 1 is 0.875 bits per heavy atom. The van der Waals surface area contributed by atoms with E-state index in [1.54, 1.807) is 0 Å². The molecule has 4 aromatic carbocycles. The molecule has 1 unspecified atom stereocenters. The van der Waals surface area contributed by atoms with Crippen LogP contribution >= 0.6 is 0 Å². The van der Waals surface area contributed by atoms with E-state index < -0.39 is 0 Å². The fourth-order valence-corrected chi connectivity index (χ4v) is 5.91. The number of rotatable bonds is 6. The topological polar surface area (TPSA) is 60.3 Å². The van der Waals surface area contributed by atoms with Crippen molar-refractivity contribution in [1.82, 2.24) is 9.88 Å². The van der Waals surface area contributed by atoms with Crippen molar-refractivity contribution < 1.29 is 14.3 Å². The first-order valence-electron chi connectivity index (χ1n) is 13.9. The van der Waals surface area contributed by atoms with E-state index >= 15 is 0 Å². The zero-order chi connectivity index (χ0) is 27.8. The van der Waals surface area contributed by atoms with Crippen LogP contribution < -0.4 is 5.32 Å². The molecule has 1 N–H and O–H groups in total. The molecule has 0 saturated heterocycles. The minimum absolute atomic E-state index is 0.0553. The maximum absolute atomic E-state index is 13.4. The number of hydrogen-bond donors (Lipinski definition) is 1. The Bertz CT molecular complexity index is 1750. The fraction of sp³-hybridized carbons (Fsp3) is 0.200. The van der Waals surface area contributed by atoms with E-state index in [-0.39, 0.29) is 17.9 Å². The molecule has 0 fully saturated rings. The normalized spacial score (nSPS) is 12.6. The number of aromatic nitrogens is 1. The van der Waals surface area contributed by atoms with E-state index in [4.69, 9.17) is 4.74 Å². The van der Waals surface area contributed by atoms with Gasteiger partial charge < -0.3 is 14.6 Å². The number of esters is 1. The molecule has 1 aromatic heterocycles. The van der Waals surface area contributed by atoms with Crippen molar-refractivity contribution >= 4 is 22.8 Å². The third kappa shape index (κ3) is 4.47. The molecule has 200 valence electrons. The first-order chi connectivity index (χ1) is 19.5. The molecule has 40 heavy (non-hydrogen) atoms. The van der Waals surface area contributed by atoms with Crippen molar-refractivity contribution in [3.05, 3.63) is 119 Å². The average molecular weight is 529 g/mol. The summed E-state index contributed by atoms with van der Waals surface area (Å²) < 4.78 is 7.67. The van der Waals surface area contributed by atoms with Crippen molar-refractivity contribution in [2.45, 2.75) is 39.8 Å². The average Bonchev–Trinajstić information content (AvgIpc) is 3.25. The maximum atomic E-state index is 13.4. The van der Waals surface area contributed by atoms with Crippen LogP contribution in [0.5, 0.6) is 0 Å². The van der Waals surface area contributed by atoms with Crippen LogP contribution in [0.25, 0.3) is 33.3 Å². The van der Waals surface area contributed by atoms with Crippen LogP contribution in [0.2, 0.25) is 0 Å². The number of ether oxygens (including phenoxy) is 1. The predicted molar refractivity (Wildman–Crippen MR) is 160 cm³/mol. The Labute approximate surface area is 234 Å². The summed E-state index contributed by atoms with van der Waals surface area (Å²) in [5.41, 5.74) is 9.67. The lowest BCUT2D eigenvalue weighted by Crippen LogP contribution is -2.28. The van der Waals surface area contributed by atoms with Gasteiger partial charge in [0.2, 0.25) is 0 Å². The van der Waals surface area contributed by atoms with Crippen LogP contribution in [0, 0.1) is 6.92 Å². The Morgan fingerprint density at radius 2 is 1.62 bits per heavy atom. The van der Waals surface area contributed by atoms with Crippen LogP contribution in [-0.2, 0) is 11.3 Å². The molecule has 5 aromatic rings. The lowest BCUT2D eigenvalue weighted by atomic mass is 9.92. The molecule has 0 spiro atoms. The van der Waals surface area contributed by atoms with Gasteiger partial charge in [-0.15, -0.1) is 0 Å². The molecule has 1 aliphatic heterocycles. The maximum Gasteiger partial charge on any atom is 0.338 e. The summed E-state index contributed by atoms with van der Waals surface area (Å²) in [6.45, 7) is 7.00. The zero-order valence-corrected chi connectivity index (χ0v) is 23.0. The highest BCUT2D eigenvalue weighted by atomic mass is 16.5. The minimum atomic E-state index is -0.327. The first-order valence-corrected chi connectivity index (χ1v) is 13.9. The van der Waals surface area contributed by atoms with Gasteiger partial charge in [-0.25, -0.2) is 4.79 Å². The Morgan fingerprint density at radius 3 is 2.40 bits per heavy atom. The molecule has 1 aliphatic rings. The number of carbonyl (C=O) groups is 2. The van der Waals surface area contributed by atoms with Crippen LogP contribution in [-0.4, -0.2) is 23.1 Å². The smallest absolute Gasteiger partial charge is 0.338 e. The number of carbonyl (C=O) groups excluding carboxylic acids is 2. The SMILES string of the molecule is CCOC(=O)c1cc2cc(c1)-c1c(C)c3cc(C(=O)NC(CC)c4ccccc4)ccc3n1Cc1ccccc1-2. The van der Waals surface area contributed by atoms with Gasteiger partial charge in [-0.05, 0) is 90.0 Å².